The number of ether oxygens (including phenoxy) is 1. The van der Waals surface area contributed by atoms with Crippen molar-refractivity contribution in [3.63, 3.8) is 0 Å². The van der Waals surface area contributed by atoms with E-state index in [1.165, 1.54) is 28.6 Å². The van der Waals surface area contributed by atoms with Crippen LogP contribution < -0.4 is 10.3 Å². The Morgan fingerprint density at radius 3 is 2.44 bits per heavy atom. The second kappa shape index (κ2) is 10.5. The minimum absolute atomic E-state index is 0.0471. The molecule has 0 bridgehead atoms. The molecular weight excluding hydrogens is 466 g/mol. The summed E-state index contributed by atoms with van der Waals surface area (Å²) in [6.07, 6.45) is 5.39. The number of thiophene rings is 1. The number of aromatic nitrogens is 2. The molecule has 0 radical (unpaired) electrons. The summed E-state index contributed by atoms with van der Waals surface area (Å²) in [4.78, 5) is 35.9. The summed E-state index contributed by atoms with van der Waals surface area (Å²) in [5.41, 5.74) is 1.86. The molecule has 0 N–H and O–H groups in total. The van der Waals surface area contributed by atoms with Crippen molar-refractivity contribution in [2.24, 2.45) is 0 Å². The van der Waals surface area contributed by atoms with Gasteiger partial charge < -0.3 is 9.64 Å². The maximum absolute atomic E-state index is 13.9. The van der Waals surface area contributed by atoms with Crippen LogP contribution in [-0.2, 0) is 17.6 Å². The van der Waals surface area contributed by atoms with Gasteiger partial charge in [-0.15, -0.1) is 11.3 Å². The lowest BCUT2D eigenvalue weighted by Crippen LogP contribution is -2.43. The second-order valence-corrected chi connectivity index (χ2v) is 11.3. The third-order valence-corrected chi connectivity index (χ3v) is 8.37. The smallest absolute Gasteiger partial charge is 0.267 e. The minimum Gasteiger partial charge on any atom is -0.497 e. The standard InChI is InChI=1S/C26H33N3O3S2/c1-16(2)28(17(3)4)22(30)15-33-26-27-24-23(20-9-7-6-8-10-21(20)34-24)25(31)29(26)18-11-13-19(32-5)14-12-18/h11-14,16-17H,6-10,15H2,1-5H3. The molecule has 8 heteroatoms. The molecule has 0 atom stereocenters. The number of hydrogen-bond acceptors (Lipinski definition) is 6. The average Bonchev–Trinajstić information content (AvgIpc) is 2.98. The van der Waals surface area contributed by atoms with E-state index in [-0.39, 0.29) is 29.3 Å². The molecule has 0 unspecified atom stereocenters. The van der Waals surface area contributed by atoms with Gasteiger partial charge in [-0.1, -0.05) is 18.2 Å². The lowest BCUT2D eigenvalue weighted by molar-refractivity contribution is -0.131. The first-order chi connectivity index (χ1) is 16.3. The fourth-order valence-electron chi connectivity index (χ4n) is 4.79. The molecule has 0 saturated heterocycles. The van der Waals surface area contributed by atoms with Crippen molar-refractivity contribution in [2.45, 2.75) is 77.0 Å². The fourth-order valence-corrected chi connectivity index (χ4v) is 6.98. The van der Waals surface area contributed by atoms with Crippen molar-refractivity contribution in [1.29, 1.82) is 0 Å². The van der Waals surface area contributed by atoms with Gasteiger partial charge >= 0.3 is 0 Å². The van der Waals surface area contributed by atoms with Gasteiger partial charge in [-0.05, 0) is 83.2 Å². The van der Waals surface area contributed by atoms with Gasteiger partial charge in [0.25, 0.3) is 5.56 Å². The summed E-state index contributed by atoms with van der Waals surface area (Å²) in [7, 11) is 1.62. The van der Waals surface area contributed by atoms with Crippen molar-refractivity contribution >= 4 is 39.2 Å². The lowest BCUT2D eigenvalue weighted by Gasteiger charge is -2.30. The van der Waals surface area contributed by atoms with Gasteiger partial charge in [-0.25, -0.2) is 4.98 Å². The van der Waals surface area contributed by atoms with E-state index in [9.17, 15) is 9.59 Å². The molecule has 4 rings (SSSR count). The Morgan fingerprint density at radius 2 is 1.79 bits per heavy atom. The topological polar surface area (TPSA) is 64.4 Å². The van der Waals surface area contributed by atoms with Gasteiger partial charge in [-0.2, -0.15) is 0 Å². The van der Waals surface area contributed by atoms with Crippen molar-refractivity contribution in [3.8, 4) is 11.4 Å². The summed E-state index contributed by atoms with van der Waals surface area (Å²) >= 11 is 2.99. The van der Waals surface area contributed by atoms with Crippen LogP contribution in [0.15, 0.2) is 34.2 Å². The number of hydrogen-bond donors (Lipinski definition) is 0. The summed E-state index contributed by atoms with van der Waals surface area (Å²) in [5, 5.41) is 1.30. The maximum atomic E-state index is 13.9. The maximum Gasteiger partial charge on any atom is 0.267 e. The number of nitrogens with zero attached hydrogens (tertiary/aromatic N) is 3. The largest absolute Gasteiger partial charge is 0.497 e. The first-order valence-electron chi connectivity index (χ1n) is 12.0. The predicted molar refractivity (Wildman–Crippen MR) is 141 cm³/mol. The van der Waals surface area contributed by atoms with Crippen LogP contribution in [0.25, 0.3) is 15.9 Å². The molecule has 182 valence electrons. The highest BCUT2D eigenvalue weighted by Crippen LogP contribution is 2.35. The number of benzene rings is 1. The van der Waals surface area contributed by atoms with Gasteiger partial charge in [0.2, 0.25) is 5.91 Å². The normalized spacial score (nSPS) is 13.9. The first-order valence-corrected chi connectivity index (χ1v) is 13.8. The Hall–Kier alpha value is -2.32. The number of rotatable bonds is 7. The second-order valence-electron chi connectivity index (χ2n) is 9.25. The van der Waals surface area contributed by atoms with Crippen LogP contribution >= 0.6 is 23.1 Å². The highest BCUT2D eigenvalue weighted by Gasteiger charge is 2.24. The van der Waals surface area contributed by atoms with Gasteiger partial charge in [0, 0.05) is 17.0 Å². The average molecular weight is 500 g/mol. The number of thioether (sulfide) groups is 1. The van der Waals surface area contributed by atoms with E-state index in [4.69, 9.17) is 9.72 Å². The molecule has 2 heterocycles. The Bertz CT molecular complexity index is 1220. The van der Waals surface area contributed by atoms with E-state index in [2.05, 4.69) is 0 Å². The zero-order valence-corrected chi connectivity index (χ0v) is 22.2. The van der Waals surface area contributed by atoms with Gasteiger partial charge in [-0.3, -0.25) is 14.2 Å². The third kappa shape index (κ3) is 4.89. The minimum atomic E-state index is -0.0471. The number of aryl methyl sites for hydroxylation is 2. The van der Waals surface area contributed by atoms with E-state index in [1.54, 1.807) is 23.0 Å². The summed E-state index contributed by atoms with van der Waals surface area (Å²) in [6, 6.07) is 7.66. The van der Waals surface area contributed by atoms with Crippen LogP contribution in [0.5, 0.6) is 5.75 Å². The van der Waals surface area contributed by atoms with E-state index in [1.807, 2.05) is 56.9 Å². The molecule has 0 aliphatic heterocycles. The Balaban J connectivity index is 1.81. The van der Waals surface area contributed by atoms with E-state index in [0.29, 0.717) is 5.16 Å². The summed E-state index contributed by atoms with van der Waals surface area (Å²) < 4.78 is 6.98. The summed E-state index contributed by atoms with van der Waals surface area (Å²) in [5.74, 6) is 1.01. The molecule has 1 aromatic carbocycles. The Labute approximate surface area is 209 Å². The lowest BCUT2D eigenvalue weighted by atomic mass is 10.1. The molecule has 0 spiro atoms. The van der Waals surface area contributed by atoms with Crippen LogP contribution in [-0.4, -0.2) is 45.3 Å². The van der Waals surface area contributed by atoms with E-state index < -0.39 is 0 Å². The molecule has 6 nitrogen and oxygen atoms in total. The third-order valence-electron chi connectivity index (χ3n) is 6.26. The molecule has 0 saturated carbocycles. The van der Waals surface area contributed by atoms with Crippen LogP contribution in [0.3, 0.4) is 0 Å². The first kappa shape index (κ1) is 24.8. The zero-order chi connectivity index (χ0) is 24.4. The number of amides is 1. The highest BCUT2D eigenvalue weighted by atomic mass is 32.2. The number of carbonyl (C=O) groups excluding carboxylic acids is 1. The number of fused-ring (bicyclic) bond motifs is 3. The predicted octanol–water partition coefficient (Wildman–Crippen LogP) is 5.46. The molecule has 1 amide bonds. The van der Waals surface area contributed by atoms with Crippen molar-refractivity contribution in [1.82, 2.24) is 14.5 Å². The zero-order valence-electron chi connectivity index (χ0n) is 20.6. The molecule has 1 aliphatic carbocycles. The Morgan fingerprint density at radius 1 is 1.12 bits per heavy atom. The fraction of sp³-hybridized carbons (Fsp3) is 0.500. The molecule has 2 aromatic heterocycles. The SMILES string of the molecule is COc1ccc(-n2c(SCC(=O)N(C(C)C)C(C)C)nc3sc4c(c3c2=O)CCCCC4)cc1. The quantitative estimate of drug-likeness (QED) is 0.245. The molecule has 34 heavy (non-hydrogen) atoms. The van der Waals surface area contributed by atoms with Crippen LogP contribution in [0, 0.1) is 0 Å². The molecule has 1 aliphatic rings. The monoisotopic (exact) mass is 499 g/mol. The van der Waals surface area contributed by atoms with E-state index >= 15 is 0 Å². The molecule has 3 aromatic rings. The van der Waals surface area contributed by atoms with E-state index in [0.717, 1.165) is 47.3 Å². The van der Waals surface area contributed by atoms with Crippen molar-refractivity contribution < 1.29 is 9.53 Å². The van der Waals surface area contributed by atoms with Crippen LogP contribution in [0.2, 0.25) is 0 Å². The summed E-state index contributed by atoms with van der Waals surface area (Å²) in [6.45, 7) is 8.11. The van der Waals surface area contributed by atoms with Crippen molar-refractivity contribution in [2.75, 3.05) is 12.9 Å². The number of methoxy groups -OCH3 is 1. The highest BCUT2D eigenvalue weighted by molar-refractivity contribution is 7.99. The molecule has 0 fully saturated rings. The molecular formula is C26H33N3O3S2. The van der Waals surface area contributed by atoms with Gasteiger partial charge in [0.1, 0.15) is 10.6 Å². The van der Waals surface area contributed by atoms with Crippen LogP contribution in [0.1, 0.15) is 57.4 Å². The van der Waals surface area contributed by atoms with Gasteiger partial charge in [0.15, 0.2) is 5.16 Å². The number of carbonyl (C=O) groups is 1. The Kier molecular flexibility index (Phi) is 7.67. The van der Waals surface area contributed by atoms with Crippen LogP contribution in [0.4, 0.5) is 0 Å². The van der Waals surface area contributed by atoms with Gasteiger partial charge in [0.05, 0.1) is 23.9 Å². The van der Waals surface area contributed by atoms with Crippen molar-refractivity contribution in [3.05, 3.63) is 45.1 Å².